The summed E-state index contributed by atoms with van der Waals surface area (Å²) in [4.78, 5) is 12.9. The first-order chi connectivity index (χ1) is 26.3. The molecule has 1 aliphatic heterocycles. The van der Waals surface area contributed by atoms with Crippen LogP contribution in [0.5, 0.6) is 0 Å². The fourth-order valence-corrected chi connectivity index (χ4v) is 7.39. The summed E-state index contributed by atoms with van der Waals surface area (Å²) in [5.74, 6) is -0.175. The lowest BCUT2D eigenvalue weighted by atomic mass is 9.99. The average Bonchev–Trinajstić information content (AvgIpc) is 3.17. The van der Waals surface area contributed by atoms with E-state index in [4.69, 9.17) is 9.47 Å². The molecule has 54 heavy (non-hydrogen) atoms. The molecule has 0 aromatic carbocycles. The topological polar surface area (TPSA) is 149 Å². The van der Waals surface area contributed by atoms with Crippen LogP contribution in [0.25, 0.3) is 0 Å². The van der Waals surface area contributed by atoms with Gasteiger partial charge in [-0.15, -0.1) is 0 Å². The van der Waals surface area contributed by atoms with Gasteiger partial charge in [0.05, 0.1) is 25.4 Å². The van der Waals surface area contributed by atoms with Crippen molar-refractivity contribution in [2.45, 2.75) is 256 Å². The Morgan fingerprint density at radius 3 is 1.44 bits per heavy atom. The molecule has 0 saturated carbocycles. The van der Waals surface area contributed by atoms with Crippen molar-refractivity contribution in [3.05, 3.63) is 12.2 Å². The van der Waals surface area contributed by atoms with Crippen LogP contribution in [0, 0.1) is 0 Å². The number of ether oxygens (including phenoxy) is 2. The normalized spacial score (nSPS) is 21.5. The van der Waals surface area contributed by atoms with Crippen LogP contribution in [0.15, 0.2) is 12.2 Å². The van der Waals surface area contributed by atoms with Crippen molar-refractivity contribution in [3.8, 4) is 0 Å². The molecule has 1 heterocycles. The molecule has 320 valence electrons. The van der Waals surface area contributed by atoms with E-state index < -0.39 is 49.5 Å². The van der Waals surface area contributed by atoms with Crippen LogP contribution in [0.4, 0.5) is 0 Å². The van der Waals surface area contributed by atoms with Gasteiger partial charge in [0.15, 0.2) is 6.29 Å². The van der Waals surface area contributed by atoms with E-state index in [0.29, 0.717) is 6.42 Å². The number of aliphatic hydroxyl groups excluding tert-OH is 5. The molecule has 0 spiro atoms. The zero-order chi connectivity index (χ0) is 39.5. The number of allylic oxidation sites excluding steroid dienone is 1. The SMILES string of the molecule is CCCCCCCCCCCCCCCCC/C=C/[C@@H](O)[C@H](CO[C@@H]1O[C@H](CO)[C@H](O)C(O)C1O)NC(=O)CCCCCCCCCCCCCCCC. The average molecular weight is 770 g/mol. The highest BCUT2D eigenvalue weighted by atomic mass is 16.7. The van der Waals surface area contributed by atoms with Crippen molar-refractivity contribution in [3.63, 3.8) is 0 Å². The number of aliphatic hydroxyl groups is 5. The molecule has 1 saturated heterocycles. The first-order valence-corrected chi connectivity index (χ1v) is 22.9. The zero-order valence-electron chi connectivity index (χ0n) is 35.0. The summed E-state index contributed by atoms with van der Waals surface area (Å²) in [6, 6.07) is -0.797. The Bertz CT molecular complexity index is 858. The van der Waals surface area contributed by atoms with Gasteiger partial charge in [-0.3, -0.25) is 4.79 Å². The van der Waals surface area contributed by atoms with E-state index in [0.717, 1.165) is 38.5 Å². The highest BCUT2D eigenvalue weighted by Crippen LogP contribution is 2.23. The van der Waals surface area contributed by atoms with E-state index in [1.165, 1.54) is 154 Å². The Hall–Kier alpha value is -1.07. The number of unbranched alkanes of at least 4 members (excludes halogenated alkanes) is 28. The summed E-state index contributed by atoms with van der Waals surface area (Å²) < 4.78 is 11.2. The van der Waals surface area contributed by atoms with Gasteiger partial charge in [-0.05, 0) is 19.3 Å². The monoisotopic (exact) mass is 770 g/mol. The molecule has 6 N–H and O–H groups in total. The van der Waals surface area contributed by atoms with Gasteiger partial charge in [0.2, 0.25) is 5.91 Å². The largest absolute Gasteiger partial charge is 0.394 e. The molecule has 1 aliphatic rings. The standard InChI is InChI=1S/C45H87NO8/c1-3-5-7-9-11-13-15-17-19-20-21-22-24-26-28-30-32-34-39(48)38(37-53-45-44(52)43(51)42(50)40(36-47)54-45)46-41(49)35-33-31-29-27-25-23-18-16-14-12-10-8-6-4-2/h32,34,38-40,42-45,47-48,50-52H,3-31,33,35-37H2,1-2H3,(H,46,49)/b34-32+/t38-,39+,40+,42-,43?,44?,45+/m0/s1. The maximum absolute atomic E-state index is 12.9. The van der Waals surface area contributed by atoms with E-state index in [1.807, 2.05) is 6.08 Å². The van der Waals surface area contributed by atoms with Crippen molar-refractivity contribution in [1.29, 1.82) is 0 Å². The number of hydrogen-bond donors (Lipinski definition) is 6. The fraction of sp³-hybridized carbons (Fsp3) is 0.933. The molecule has 9 nitrogen and oxygen atoms in total. The van der Waals surface area contributed by atoms with E-state index in [-0.39, 0.29) is 12.5 Å². The molecule has 7 atom stereocenters. The van der Waals surface area contributed by atoms with E-state index in [9.17, 15) is 30.3 Å². The van der Waals surface area contributed by atoms with Gasteiger partial charge in [-0.2, -0.15) is 0 Å². The van der Waals surface area contributed by atoms with Crippen LogP contribution in [0.2, 0.25) is 0 Å². The lowest BCUT2D eigenvalue weighted by molar-refractivity contribution is -0.302. The van der Waals surface area contributed by atoms with Crippen LogP contribution in [0.1, 0.15) is 213 Å². The minimum absolute atomic E-state index is 0.175. The molecule has 0 aliphatic carbocycles. The number of hydrogen-bond acceptors (Lipinski definition) is 8. The summed E-state index contributed by atoms with van der Waals surface area (Å²) in [7, 11) is 0. The van der Waals surface area contributed by atoms with Gasteiger partial charge in [0.1, 0.15) is 24.4 Å². The third-order valence-electron chi connectivity index (χ3n) is 11.1. The van der Waals surface area contributed by atoms with Crippen LogP contribution in [0.3, 0.4) is 0 Å². The molecule has 0 radical (unpaired) electrons. The van der Waals surface area contributed by atoms with Gasteiger partial charge < -0.3 is 40.3 Å². The first-order valence-electron chi connectivity index (χ1n) is 22.9. The van der Waals surface area contributed by atoms with E-state index >= 15 is 0 Å². The molecule has 2 unspecified atom stereocenters. The van der Waals surface area contributed by atoms with Gasteiger partial charge in [0.25, 0.3) is 0 Å². The second-order valence-electron chi connectivity index (χ2n) is 16.2. The van der Waals surface area contributed by atoms with Crippen LogP contribution in [-0.4, -0.2) is 87.5 Å². The first kappa shape index (κ1) is 50.9. The minimum atomic E-state index is -1.56. The van der Waals surface area contributed by atoms with Crippen molar-refractivity contribution >= 4 is 5.91 Å². The van der Waals surface area contributed by atoms with Gasteiger partial charge in [0, 0.05) is 6.42 Å². The van der Waals surface area contributed by atoms with Crippen molar-refractivity contribution < 1.29 is 39.8 Å². The quantitative estimate of drug-likeness (QED) is 0.0269. The molecule has 0 bridgehead atoms. The Morgan fingerprint density at radius 2 is 1.02 bits per heavy atom. The predicted octanol–water partition coefficient (Wildman–Crippen LogP) is 9.34. The number of carbonyl (C=O) groups excluding carboxylic acids is 1. The molecule has 0 aromatic rings. The number of nitrogens with one attached hydrogen (secondary N) is 1. The van der Waals surface area contributed by atoms with Crippen molar-refractivity contribution in [2.75, 3.05) is 13.2 Å². The summed E-state index contributed by atoms with van der Waals surface area (Å²) in [5, 5.41) is 54.2. The predicted molar refractivity (Wildman–Crippen MR) is 221 cm³/mol. The molecular weight excluding hydrogens is 682 g/mol. The molecule has 0 aromatic heterocycles. The molecule has 9 heteroatoms. The second kappa shape index (κ2) is 36.3. The summed E-state index contributed by atoms with van der Waals surface area (Å²) in [5.41, 5.74) is 0. The Balaban J connectivity index is 2.36. The molecule has 1 fully saturated rings. The molecular formula is C45H87NO8. The van der Waals surface area contributed by atoms with E-state index in [2.05, 4.69) is 19.2 Å². The Labute approximate surface area is 331 Å². The molecule has 1 rings (SSSR count). The number of carbonyl (C=O) groups is 1. The Morgan fingerprint density at radius 1 is 0.611 bits per heavy atom. The van der Waals surface area contributed by atoms with E-state index in [1.54, 1.807) is 6.08 Å². The van der Waals surface area contributed by atoms with Gasteiger partial charge in [-0.1, -0.05) is 199 Å². The highest BCUT2D eigenvalue weighted by molar-refractivity contribution is 5.76. The minimum Gasteiger partial charge on any atom is -0.394 e. The third kappa shape index (κ3) is 26.7. The third-order valence-corrected chi connectivity index (χ3v) is 11.1. The lowest BCUT2D eigenvalue weighted by Gasteiger charge is -2.40. The van der Waals surface area contributed by atoms with Crippen LogP contribution >= 0.6 is 0 Å². The smallest absolute Gasteiger partial charge is 0.220 e. The lowest BCUT2D eigenvalue weighted by Crippen LogP contribution is -2.60. The maximum Gasteiger partial charge on any atom is 0.220 e. The summed E-state index contributed by atoms with van der Waals surface area (Å²) in [6.45, 7) is 3.78. The van der Waals surface area contributed by atoms with Gasteiger partial charge in [-0.25, -0.2) is 0 Å². The van der Waals surface area contributed by atoms with Crippen LogP contribution < -0.4 is 5.32 Å². The fourth-order valence-electron chi connectivity index (χ4n) is 7.39. The second-order valence-corrected chi connectivity index (χ2v) is 16.2. The van der Waals surface area contributed by atoms with Crippen molar-refractivity contribution in [1.82, 2.24) is 5.32 Å². The highest BCUT2D eigenvalue weighted by Gasteiger charge is 2.44. The number of rotatable bonds is 38. The summed E-state index contributed by atoms with van der Waals surface area (Å²) in [6.07, 6.45) is 33.9. The summed E-state index contributed by atoms with van der Waals surface area (Å²) >= 11 is 0. The maximum atomic E-state index is 12.9. The number of amides is 1. The zero-order valence-corrected chi connectivity index (χ0v) is 35.0. The van der Waals surface area contributed by atoms with Crippen LogP contribution in [-0.2, 0) is 14.3 Å². The van der Waals surface area contributed by atoms with Gasteiger partial charge >= 0.3 is 0 Å². The Kier molecular flexibility index (Phi) is 34.2. The molecule has 1 amide bonds. The van der Waals surface area contributed by atoms with Crippen molar-refractivity contribution in [2.24, 2.45) is 0 Å².